The summed E-state index contributed by atoms with van der Waals surface area (Å²) >= 11 is 0. The van der Waals surface area contributed by atoms with Crippen molar-refractivity contribution >= 4 is 31.8 Å². The van der Waals surface area contributed by atoms with Crippen molar-refractivity contribution in [3.05, 3.63) is 36.3 Å². The molecule has 0 saturated heterocycles. The molecule has 1 unspecified atom stereocenters. The summed E-state index contributed by atoms with van der Waals surface area (Å²) in [4.78, 5) is 12.6. The lowest BCUT2D eigenvalue weighted by Crippen LogP contribution is -2.27. The van der Waals surface area contributed by atoms with E-state index in [0.717, 1.165) is 40.5 Å². The second kappa shape index (κ2) is 7.56. The molecule has 3 aromatic rings. The van der Waals surface area contributed by atoms with Crippen LogP contribution in [0.2, 0.25) is 0 Å². The number of sulfone groups is 1. The molecule has 1 aromatic carbocycles. The van der Waals surface area contributed by atoms with E-state index in [1.165, 1.54) is 6.26 Å². The van der Waals surface area contributed by atoms with Gasteiger partial charge >= 0.3 is 0 Å². The van der Waals surface area contributed by atoms with Gasteiger partial charge in [-0.2, -0.15) is 0 Å². The minimum atomic E-state index is -3.01. The van der Waals surface area contributed by atoms with Crippen LogP contribution in [0.3, 0.4) is 0 Å². The molecule has 0 aliphatic heterocycles. The Hall–Kier alpha value is -1.99. The van der Waals surface area contributed by atoms with Crippen molar-refractivity contribution in [1.82, 2.24) is 15.0 Å². The molecule has 0 saturated carbocycles. The summed E-state index contributed by atoms with van der Waals surface area (Å²) in [5.41, 5.74) is 3.50. The summed E-state index contributed by atoms with van der Waals surface area (Å²) in [6.45, 7) is 6.38. The molecule has 1 N–H and O–H groups in total. The number of nitrogens with zero attached hydrogens (tertiary/aromatic N) is 2. The van der Waals surface area contributed by atoms with Crippen molar-refractivity contribution in [1.29, 1.82) is 0 Å². The van der Waals surface area contributed by atoms with Crippen LogP contribution in [0.25, 0.3) is 21.9 Å². The Morgan fingerprint density at radius 2 is 2.00 bits per heavy atom. The van der Waals surface area contributed by atoms with Gasteiger partial charge in [-0.25, -0.2) is 13.4 Å². The molecule has 0 bridgehead atoms. The average molecular weight is 390 g/mol. The van der Waals surface area contributed by atoms with E-state index in [-0.39, 0.29) is 23.9 Å². The highest BCUT2D eigenvalue weighted by Crippen LogP contribution is 2.31. The lowest BCUT2D eigenvalue weighted by molar-refractivity contribution is -0.0173. The Morgan fingerprint density at radius 3 is 2.74 bits per heavy atom. The molecule has 0 fully saturated rings. The van der Waals surface area contributed by atoms with Crippen molar-refractivity contribution in [2.45, 2.75) is 45.1 Å². The molecular weight excluding hydrogens is 362 g/mol. The number of H-pyrrole nitrogens is 1. The molecule has 2 aromatic heterocycles. The quantitative estimate of drug-likeness (QED) is 0.633. The van der Waals surface area contributed by atoms with E-state index in [4.69, 9.17) is 9.72 Å². The highest BCUT2D eigenvalue weighted by Gasteiger charge is 2.23. The largest absolute Gasteiger partial charge is 0.375 e. The van der Waals surface area contributed by atoms with Gasteiger partial charge in [0.05, 0.1) is 46.5 Å². The van der Waals surface area contributed by atoms with Crippen LogP contribution in [0, 0.1) is 0 Å². The Labute approximate surface area is 160 Å². The zero-order chi connectivity index (χ0) is 19.7. The molecule has 0 amide bonds. The molecule has 146 valence electrons. The van der Waals surface area contributed by atoms with E-state index in [1.54, 1.807) is 6.33 Å². The van der Waals surface area contributed by atoms with Gasteiger partial charge in [0.2, 0.25) is 0 Å². The Balaban J connectivity index is 1.74. The van der Waals surface area contributed by atoms with Gasteiger partial charge in [-0.1, -0.05) is 25.1 Å². The number of rotatable bonds is 8. The summed E-state index contributed by atoms with van der Waals surface area (Å²) in [5, 5.41) is 1.05. The number of aromatic nitrogens is 3. The Morgan fingerprint density at radius 1 is 1.26 bits per heavy atom. The number of hydrogen-bond acceptors (Lipinski definition) is 5. The van der Waals surface area contributed by atoms with Crippen LogP contribution in [0.1, 0.15) is 45.2 Å². The Bertz CT molecular complexity index is 1040. The summed E-state index contributed by atoms with van der Waals surface area (Å²) in [6.07, 6.45) is 4.63. The number of ether oxygens (including phenoxy) is 1. The van der Waals surface area contributed by atoms with E-state index >= 15 is 0 Å². The smallest absolute Gasteiger partial charge is 0.149 e. The molecule has 27 heavy (non-hydrogen) atoms. The fraction of sp³-hybridized carbons (Fsp3) is 0.500. The maximum absolute atomic E-state index is 11.3. The molecule has 6 nitrogen and oxygen atoms in total. The van der Waals surface area contributed by atoms with Gasteiger partial charge in [-0.3, -0.25) is 4.98 Å². The van der Waals surface area contributed by atoms with Gasteiger partial charge in [0.1, 0.15) is 9.84 Å². The number of nitrogens with one attached hydrogen (secondary N) is 1. The normalized spacial score (nSPS) is 14.1. The minimum Gasteiger partial charge on any atom is -0.375 e. The van der Waals surface area contributed by atoms with E-state index in [2.05, 4.69) is 16.9 Å². The van der Waals surface area contributed by atoms with E-state index in [9.17, 15) is 8.42 Å². The van der Waals surface area contributed by atoms with Gasteiger partial charge in [-0.05, 0) is 32.8 Å². The highest BCUT2D eigenvalue weighted by molar-refractivity contribution is 7.90. The summed E-state index contributed by atoms with van der Waals surface area (Å²) in [5.74, 6) is 0.266. The fourth-order valence-corrected chi connectivity index (χ4v) is 3.64. The SMILES string of the molecule is CC(CCC(C)(C)OCCS(C)(=O)=O)c1nc2ccccc2c2nc[nH]c12. The lowest BCUT2D eigenvalue weighted by Gasteiger charge is -2.26. The third-order valence-corrected chi connectivity index (χ3v) is 5.80. The van der Waals surface area contributed by atoms with Crippen LogP contribution in [0.4, 0.5) is 0 Å². The fourth-order valence-electron chi connectivity index (χ4n) is 3.25. The average Bonchev–Trinajstić information content (AvgIpc) is 3.07. The first kappa shape index (κ1) is 19.8. The maximum atomic E-state index is 11.3. The van der Waals surface area contributed by atoms with E-state index in [0.29, 0.717) is 0 Å². The molecule has 3 rings (SSSR count). The van der Waals surface area contributed by atoms with Gasteiger partial charge in [0.25, 0.3) is 0 Å². The van der Waals surface area contributed by atoms with Crippen LogP contribution in [-0.2, 0) is 14.6 Å². The zero-order valence-corrected chi connectivity index (χ0v) is 17.1. The molecule has 0 spiro atoms. The monoisotopic (exact) mass is 389 g/mol. The molecule has 0 aliphatic rings. The number of para-hydroxylation sites is 1. The molecule has 0 radical (unpaired) electrons. The number of fused-ring (bicyclic) bond motifs is 3. The summed E-state index contributed by atoms with van der Waals surface area (Å²) < 4.78 is 28.4. The molecule has 1 atom stereocenters. The van der Waals surface area contributed by atoms with Crippen molar-refractivity contribution < 1.29 is 13.2 Å². The van der Waals surface area contributed by atoms with Crippen molar-refractivity contribution in [2.24, 2.45) is 0 Å². The summed E-state index contributed by atoms with van der Waals surface area (Å²) in [6, 6.07) is 8.04. The Kier molecular flexibility index (Phi) is 5.53. The van der Waals surface area contributed by atoms with Gasteiger partial charge < -0.3 is 9.72 Å². The van der Waals surface area contributed by atoms with Gasteiger partial charge in [-0.15, -0.1) is 0 Å². The van der Waals surface area contributed by atoms with E-state index in [1.807, 2.05) is 38.1 Å². The van der Waals surface area contributed by atoms with Crippen molar-refractivity contribution in [3.8, 4) is 0 Å². The first-order chi connectivity index (χ1) is 12.7. The molecule has 2 heterocycles. The number of hydrogen-bond donors (Lipinski definition) is 1. The zero-order valence-electron chi connectivity index (χ0n) is 16.3. The predicted octanol–water partition coefficient (Wildman–Crippen LogP) is 3.83. The van der Waals surface area contributed by atoms with Crippen LogP contribution in [-0.4, -0.2) is 47.6 Å². The van der Waals surface area contributed by atoms with Crippen LogP contribution < -0.4 is 0 Å². The molecule has 0 aliphatic carbocycles. The third kappa shape index (κ3) is 4.84. The van der Waals surface area contributed by atoms with Crippen LogP contribution >= 0.6 is 0 Å². The predicted molar refractivity (Wildman–Crippen MR) is 109 cm³/mol. The van der Waals surface area contributed by atoms with Crippen LogP contribution in [0.5, 0.6) is 0 Å². The second-order valence-corrected chi connectivity index (χ2v) is 10.1. The highest BCUT2D eigenvalue weighted by atomic mass is 32.2. The lowest BCUT2D eigenvalue weighted by atomic mass is 9.92. The second-order valence-electron chi connectivity index (χ2n) is 7.82. The van der Waals surface area contributed by atoms with Gasteiger partial charge in [0.15, 0.2) is 0 Å². The molecular formula is C20H27N3O3S. The standard InChI is InChI=1S/C20H27N3O3S/c1-14(9-10-20(2,3)26-11-12-27(4,24)25)17-19-18(21-13-22-19)15-7-5-6-8-16(15)23-17/h5-8,13-14H,9-12H2,1-4H3,(H,21,22). The number of pyridine rings is 1. The maximum Gasteiger partial charge on any atom is 0.149 e. The topological polar surface area (TPSA) is 84.9 Å². The van der Waals surface area contributed by atoms with Crippen LogP contribution in [0.15, 0.2) is 30.6 Å². The van der Waals surface area contributed by atoms with Gasteiger partial charge in [0, 0.05) is 17.6 Å². The number of imidazole rings is 1. The summed E-state index contributed by atoms with van der Waals surface area (Å²) in [7, 11) is -3.01. The first-order valence-corrected chi connectivity index (χ1v) is 11.3. The number of aromatic amines is 1. The number of benzene rings is 1. The minimum absolute atomic E-state index is 0.0486. The van der Waals surface area contributed by atoms with Crippen molar-refractivity contribution in [2.75, 3.05) is 18.6 Å². The van der Waals surface area contributed by atoms with E-state index < -0.39 is 9.84 Å². The first-order valence-electron chi connectivity index (χ1n) is 9.20. The third-order valence-electron chi connectivity index (χ3n) is 4.89. The van der Waals surface area contributed by atoms with Crippen molar-refractivity contribution in [3.63, 3.8) is 0 Å². The molecule has 7 heteroatoms.